The molecular formula is C19H19N3O2S2. The fourth-order valence-corrected chi connectivity index (χ4v) is 4.58. The topological polar surface area (TPSA) is 56.1 Å². The molecule has 26 heavy (non-hydrogen) atoms. The molecule has 0 amide bonds. The average molecular weight is 386 g/mol. The Morgan fingerprint density at radius 1 is 1.27 bits per heavy atom. The standard InChI is InChI=1S/C19H19N3O2S2/c1-22-10-9-13-15(22)6-8-17-18(13)21-19(25-17)20-14-11-12(26(3,4)23)5-7-16(14)24-2/h5-11H,3H2,1-2,4H3,(H,20,21). The lowest BCUT2D eigenvalue weighted by atomic mass is 10.2. The molecule has 4 aromatic rings. The van der Waals surface area contributed by atoms with E-state index in [2.05, 4.69) is 34.0 Å². The van der Waals surface area contributed by atoms with E-state index in [1.54, 1.807) is 36.8 Å². The van der Waals surface area contributed by atoms with Crippen LogP contribution in [0.15, 0.2) is 47.5 Å². The molecule has 2 aromatic carbocycles. The van der Waals surface area contributed by atoms with Crippen molar-refractivity contribution >= 4 is 58.7 Å². The van der Waals surface area contributed by atoms with Gasteiger partial charge in [-0.05, 0) is 51.8 Å². The summed E-state index contributed by atoms with van der Waals surface area (Å²) >= 11 is 1.57. The Kier molecular flexibility index (Phi) is 3.93. The molecule has 134 valence electrons. The van der Waals surface area contributed by atoms with Gasteiger partial charge in [-0.2, -0.15) is 0 Å². The van der Waals surface area contributed by atoms with E-state index in [0.29, 0.717) is 10.6 Å². The summed E-state index contributed by atoms with van der Waals surface area (Å²) < 4.78 is 20.9. The highest BCUT2D eigenvalue weighted by atomic mass is 32.2. The number of methoxy groups -OCH3 is 1. The SMILES string of the molecule is C=S(C)(=O)c1ccc(OC)c(Nc2nc3c(ccc4c3ccn4C)s2)c1. The molecule has 1 N–H and O–H groups in total. The van der Waals surface area contributed by atoms with Gasteiger partial charge in [0.1, 0.15) is 5.75 Å². The normalized spacial score (nSPS) is 13.8. The minimum atomic E-state index is -2.31. The number of benzene rings is 2. The van der Waals surface area contributed by atoms with Crippen LogP contribution < -0.4 is 10.1 Å². The van der Waals surface area contributed by atoms with Crippen molar-refractivity contribution < 1.29 is 8.95 Å². The Labute approximate surface area is 156 Å². The molecule has 0 aliphatic heterocycles. The molecule has 5 nitrogen and oxygen atoms in total. The highest BCUT2D eigenvalue weighted by Crippen LogP contribution is 2.36. The van der Waals surface area contributed by atoms with Gasteiger partial charge in [0, 0.05) is 29.8 Å². The van der Waals surface area contributed by atoms with Crippen molar-refractivity contribution in [2.24, 2.45) is 7.05 Å². The molecule has 0 aliphatic rings. The fraction of sp³-hybridized carbons (Fsp3) is 0.158. The van der Waals surface area contributed by atoms with E-state index in [1.807, 2.05) is 19.3 Å². The number of ether oxygens (including phenoxy) is 1. The van der Waals surface area contributed by atoms with Crippen molar-refractivity contribution in [3.05, 3.63) is 42.6 Å². The molecule has 0 fully saturated rings. The number of hydrogen-bond donors (Lipinski definition) is 1. The molecular weight excluding hydrogens is 366 g/mol. The van der Waals surface area contributed by atoms with Crippen molar-refractivity contribution in [2.45, 2.75) is 4.90 Å². The first-order chi connectivity index (χ1) is 12.4. The van der Waals surface area contributed by atoms with Crippen LogP contribution >= 0.6 is 11.3 Å². The smallest absolute Gasteiger partial charge is 0.188 e. The summed E-state index contributed by atoms with van der Waals surface area (Å²) in [5.74, 6) is 4.43. The number of aromatic nitrogens is 2. The number of aryl methyl sites for hydroxylation is 1. The van der Waals surface area contributed by atoms with E-state index < -0.39 is 9.52 Å². The van der Waals surface area contributed by atoms with Crippen LogP contribution in [0.25, 0.3) is 21.1 Å². The van der Waals surface area contributed by atoms with Gasteiger partial charge in [-0.25, -0.2) is 4.98 Å². The summed E-state index contributed by atoms with van der Waals surface area (Å²) in [7, 11) is 1.33. The Bertz CT molecular complexity index is 1240. The number of nitrogens with zero attached hydrogens (tertiary/aromatic N) is 2. The van der Waals surface area contributed by atoms with E-state index in [1.165, 1.54) is 0 Å². The first-order valence-electron chi connectivity index (χ1n) is 7.99. The average Bonchev–Trinajstić information content (AvgIpc) is 3.17. The largest absolute Gasteiger partial charge is 0.495 e. The monoisotopic (exact) mass is 385 g/mol. The second-order valence-corrected chi connectivity index (χ2v) is 9.79. The van der Waals surface area contributed by atoms with Gasteiger partial charge in [0.15, 0.2) is 5.13 Å². The summed E-state index contributed by atoms with van der Waals surface area (Å²) in [6.07, 6.45) is 3.66. The van der Waals surface area contributed by atoms with Gasteiger partial charge < -0.3 is 14.6 Å². The molecule has 2 aromatic heterocycles. The fourth-order valence-electron chi connectivity index (χ4n) is 2.96. The number of thiazole rings is 1. The maximum atomic E-state index is 12.3. The zero-order valence-corrected chi connectivity index (χ0v) is 16.4. The lowest BCUT2D eigenvalue weighted by Gasteiger charge is -2.12. The van der Waals surface area contributed by atoms with Crippen molar-refractivity contribution in [1.29, 1.82) is 0 Å². The Morgan fingerprint density at radius 2 is 2.08 bits per heavy atom. The third-order valence-electron chi connectivity index (χ3n) is 4.33. The van der Waals surface area contributed by atoms with Crippen LogP contribution in [0.1, 0.15) is 0 Å². The molecule has 0 radical (unpaired) electrons. The van der Waals surface area contributed by atoms with Crippen molar-refractivity contribution in [2.75, 3.05) is 18.7 Å². The van der Waals surface area contributed by atoms with Gasteiger partial charge >= 0.3 is 0 Å². The second kappa shape index (κ2) is 6.03. The van der Waals surface area contributed by atoms with Crippen LogP contribution in [-0.2, 0) is 16.6 Å². The molecule has 4 rings (SSSR count). The summed E-state index contributed by atoms with van der Waals surface area (Å²) in [4.78, 5) is 5.44. The summed E-state index contributed by atoms with van der Waals surface area (Å²) in [6, 6.07) is 11.7. The molecule has 0 bridgehead atoms. The maximum absolute atomic E-state index is 12.3. The number of rotatable bonds is 4. The number of hydrogen-bond acceptors (Lipinski definition) is 5. The third kappa shape index (κ3) is 2.83. The zero-order valence-electron chi connectivity index (χ0n) is 14.8. The van der Waals surface area contributed by atoms with Crippen LogP contribution in [-0.4, -0.2) is 33.0 Å². The van der Waals surface area contributed by atoms with Gasteiger partial charge in [0.2, 0.25) is 0 Å². The van der Waals surface area contributed by atoms with Gasteiger partial charge in [0.25, 0.3) is 0 Å². The lowest BCUT2D eigenvalue weighted by Crippen LogP contribution is -2.00. The molecule has 0 spiro atoms. The molecule has 1 atom stereocenters. The van der Waals surface area contributed by atoms with Crippen LogP contribution in [0.2, 0.25) is 0 Å². The minimum absolute atomic E-state index is 0.668. The number of fused-ring (bicyclic) bond motifs is 3. The van der Waals surface area contributed by atoms with Crippen LogP contribution in [0.3, 0.4) is 0 Å². The third-order valence-corrected chi connectivity index (χ3v) is 6.52. The lowest BCUT2D eigenvalue weighted by molar-refractivity contribution is 0.416. The zero-order chi connectivity index (χ0) is 18.5. The van der Waals surface area contributed by atoms with E-state index in [-0.39, 0.29) is 0 Å². The first kappa shape index (κ1) is 16.9. The Hall–Kier alpha value is -2.51. The van der Waals surface area contributed by atoms with Crippen molar-refractivity contribution in [3.8, 4) is 5.75 Å². The van der Waals surface area contributed by atoms with Gasteiger partial charge in [-0.1, -0.05) is 11.3 Å². The van der Waals surface area contributed by atoms with E-state index in [9.17, 15) is 4.21 Å². The summed E-state index contributed by atoms with van der Waals surface area (Å²) in [5.41, 5.74) is 2.85. The number of anilines is 2. The van der Waals surface area contributed by atoms with Gasteiger partial charge in [-0.3, -0.25) is 4.21 Å². The van der Waals surface area contributed by atoms with Gasteiger partial charge in [-0.15, -0.1) is 0 Å². The number of nitrogens with one attached hydrogen (secondary N) is 1. The molecule has 0 saturated carbocycles. The Morgan fingerprint density at radius 3 is 2.81 bits per heavy atom. The molecule has 7 heteroatoms. The van der Waals surface area contributed by atoms with Crippen LogP contribution in [0.5, 0.6) is 5.75 Å². The predicted molar refractivity (Wildman–Crippen MR) is 112 cm³/mol. The van der Waals surface area contributed by atoms with Crippen LogP contribution in [0, 0.1) is 0 Å². The highest BCUT2D eigenvalue weighted by molar-refractivity contribution is 7.99. The minimum Gasteiger partial charge on any atom is -0.495 e. The highest BCUT2D eigenvalue weighted by Gasteiger charge is 2.13. The molecule has 2 heterocycles. The van der Waals surface area contributed by atoms with Crippen LogP contribution in [0.4, 0.5) is 10.8 Å². The predicted octanol–water partition coefficient (Wildman–Crippen LogP) is 4.25. The molecule has 1 unspecified atom stereocenters. The van der Waals surface area contributed by atoms with E-state index in [0.717, 1.165) is 31.9 Å². The first-order valence-corrected chi connectivity index (χ1v) is 10.9. The summed E-state index contributed by atoms with van der Waals surface area (Å²) in [6.45, 7) is 0. The molecule has 0 aliphatic carbocycles. The van der Waals surface area contributed by atoms with E-state index in [4.69, 9.17) is 9.72 Å². The quantitative estimate of drug-likeness (QED) is 0.534. The summed E-state index contributed by atoms with van der Waals surface area (Å²) in [5, 5.41) is 5.21. The van der Waals surface area contributed by atoms with Crippen molar-refractivity contribution in [3.63, 3.8) is 0 Å². The van der Waals surface area contributed by atoms with Gasteiger partial charge in [0.05, 0.1) is 28.5 Å². The second-order valence-electron chi connectivity index (χ2n) is 6.28. The Balaban J connectivity index is 1.81. The van der Waals surface area contributed by atoms with Crippen molar-refractivity contribution in [1.82, 2.24) is 9.55 Å². The van der Waals surface area contributed by atoms with E-state index >= 15 is 0 Å². The maximum Gasteiger partial charge on any atom is 0.188 e. The molecule has 0 saturated heterocycles.